The Morgan fingerprint density at radius 3 is 1.86 bits per heavy atom. The summed E-state index contributed by atoms with van der Waals surface area (Å²) in [5, 5.41) is 0. The van der Waals surface area contributed by atoms with Crippen molar-refractivity contribution in [2.24, 2.45) is 0 Å². The summed E-state index contributed by atoms with van der Waals surface area (Å²) in [6.07, 6.45) is 4.54. The Balaban J connectivity index is 1.65. The number of hydrogen-bond donors (Lipinski definition) is 0. The van der Waals surface area contributed by atoms with E-state index in [1.807, 2.05) is 54.6 Å². The van der Waals surface area contributed by atoms with E-state index in [0.29, 0.717) is 12.8 Å². The second-order valence-corrected chi connectivity index (χ2v) is 5.31. The van der Waals surface area contributed by atoms with Crippen LogP contribution in [-0.4, -0.2) is 10.8 Å². The fraction of sp³-hybridized carbons (Fsp3) is 0.100. The van der Waals surface area contributed by atoms with Gasteiger partial charge in [0.25, 0.3) is 0 Å². The van der Waals surface area contributed by atoms with Gasteiger partial charge >= 0.3 is 0 Å². The Morgan fingerprint density at radius 1 is 0.682 bits per heavy atom. The smallest absolute Gasteiger partial charge is 0.141 e. The van der Waals surface area contributed by atoms with Crippen molar-refractivity contribution in [3.8, 4) is 11.1 Å². The highest BCUT2D eigenvalue weighted by Gasteiger charge is 2.05. The van der Waals surface area contributed by atoms with Gasteiger partial charge < -0.3 is 0 Å². The van der Waals surface area contributed by atoms with E-state index >= 15 is 0 Å². The first kappa shape index (κ1) is 14.2. The molecule has 0 fully saturated rings. The summed E-state index contributed by atoms with van der Waals surface area (Å²) in [7, 11) is 0. The van der Waals surface area contributed by atoms with E-state index in [1.54, 1.807) is 12.4 Å². The first-order chi connectivity index (χ1) is 10.8. The molecule has 0 saturated carbocycles. The van der Waals surface area contributed by atoms with Crippen LogP contribution < -0.4 is 0 Å². The number of nitrogens with zero attached hydrogens (tertiary/aromatic N) is 1. The van der Waals surface area contributed by atoms with E-state index in [9.17, 15) is 4.79 Å². The summed E-state index contributed by atoms with van der Waals surface area (Å²) >= 11 is 0. The molecule has 0 amide bonds. The van der Waals surface area contributed by atoms with Gasteiger partial charge in [-0.05, 0) is 34.4 Å². The van der Waals surface area contributed by atoms with E-state index in [1.165, 1.54) is 0 Å². The molecule has 0 radical (unpaired) electrons. The molecule has 0 bridgehead atoms. The van der Waals surface area contributed by atoms with Crippen molar-refractivity contribution in [1.29, 1.82) is 0 Å². The maximum absolute atomic E-state index is 12.1. The highest BCUT2D eigenvalue weighted by Crippen LogP contribution is 2.19. The SMILES string of the molecule is O=C(Cc1ccccc1)Cc1ccc(-c2ccncc2)cc1. The second kappa shape index (κ2) is 6.81. The lowest BCUT2D eigenvalue weighted by molar-refractivity contribution is -0.117. The topological polar surface area (TPSA) is 30.0 Å². The number of carbonyl (C=O) groups is 1. The predicted octanol–water partition coefficient (Wildman–Crippen LogP) is 4.10. The van der Waals surface area contributed by atoms with Crippen molar-refractivity contribution in [2.75, 3.05) is 0 Å². The Kier molecular flexibility index (Phi) is 4.40. The molecule has 2 nitrogen and oxygen atoms in total. The van der Waals surface area contributed by atoms with Gasteiger partial charge in [0.15, 0.2) is 0 Å². The van der Waals surface area contributed by atoms with Crippen molar-refractivity contribution < 1.29 is 4.79 Å². The van der Waals surface area contributed by atoms with Crippen molar-refractivity contribution in [2.45, 2.75) is 12.8 Å². The fourth-order valence-electron chi connectivity index (χ4n) is 2.47. The van der Waals surface area contributed by atoms with Crippen molar-refractivity contribution in [3.05, 3.63) is 90.3 Å². The molecule has 0 unspecified atom stereocenters. The zero-order chi connectivity index (χ0) is 15.2. The first-order valence-corrected chi connectivity index (χ1v) is 7.36. The molecule has 1 heterocycles. The molecule has 2 heteroatoms. The molecule has 22 heavy (non-hydrogen) atoms. The molecule has 0 saturated heterocycles. The lowest BCUT2D eigenvalue weighted by Crippen LogP contribution is -2.06. The number of carbonyl (C=O) groups excluding carboxylic acids is 1. The van der Waals surface area contributed by atoms with Crippen molar-refractivity contribution in [1.82, 2.24) is 4.98 Å². The molecule has 3 aromatic rings. The van der Waals surface area contributed by atoms with Crippen LogP contribution in [0.2, 0.25) is 0 Å². The van der Waals surface area contributed by atoms with Crippen LogP contribution in [0, 0.1) is 0 Å². The van der Waals surface area contributed by atoms with Gasteiger partial charge in [-0.3, -0.25) is 9.78 Å². The molecular formula is C20H17NO. The number of rotatable bonds is 5. The van der Waals surface area contributed by atoms with Crippen LogP contribution in [0.3, 0.4) is 0 Å². The molecule has 0 atom stereocenters. The highest BCUT2D eigenvalue weighted by atomic mass is 16.1. The maximum atomic E-state index is 12.1. The highest BCUT2D eigenvalue weighted by molar-refractivity contribution is 5.83. The van der Waals surface area contributed by atoms with E-state index in [-0.39, 0.29) is 5.78 Å². The van der Waals surface area contributed by atoms with E-state index < -0.39 is 0 Å². The van der Waals surface area contributed by atoms with Gasteiger partial charge in [0.1, 0.15) is 5.78 Å². The van der Waals surface area contributed by atoms with Crippen LogP contribution >= 0.6 is 0 Å². The molecule has 0 N–H and O–H groups in total. The van der Waals surface area contributed by atoms with Gasteiger partial charge in [0, 0.05) is 25.2 Å². The van der Waals surface area contributed by atoms with Crippen LogP contribution in [0.25, 0.3) is 11.1 Å². The third kappa shape index (κ3) is 3.67. The average molecular weight is 287 g/mol. The third-order valence-corrected chi connectivity index (χ3v) is 3.61. The molecule has 2 aromatic carbocycles. The number of pyridine rings is 1. The molecule has 108 valence electrons. The molecule has 3 rings (SSSR count). The third-order valence-electron chi connectivity index (χ3n) is 3.61. The summed E-state index contributed by atoms with van der Waals surface area (Å²) in [4.78, 5) is 16.2. The Morgan fingerprint density at radius 2 is 1.23 bits per heavy atom. The van der Waals surface area contributed by atoms with Crippen LogP contribution in [0.4, 0.5) is 0 Å². The number of ketones is 1. The van der Waals surface area contributed by atoms with Crippen LogP contribution in [0.15, 0.2) is 79.1 Å². The lowest BCUT2D eigenvalue weighted by Gasteiger charge is -2.05. The van der Waals surface area contributed by atoms with Crippen LogP contribution in [-0.2, 0) is 17.6 Å². The molecular weight excluding hydrogens is 270 g/mol. The molecule has 0 aliphatic heterocycles. The predicted molar refractivity (Wildman–Crippen MR) is 88.5 cm³/mol. The van der Waals surface area contributed by atoms with E-state index in [2.05, 4.69) is 17.1 Å². The number of aromatic nitrogens is 1. The normalized spacial score (nSPS) is 10.4. The summed E-state index contributed by atoms with van der Waals surface area (Å²) in [6.45, 7) is 0. The minimum absolute atomic E-state index is 0.239. The van der Waals surface area contributed by atoms with E-state index in [4.69, 9.17) is 0 Å². The average Bonchev–Trinajstić information content (AvgIpc) is 2.57. The molecule has 1 aromatic heterocycles. The molecule has 0 spiro atoms. The first-order valence-electron chi connectivity index (χ1n) is 7.36. The molecule has 0 aliphatic carbocycles. The summed E-state index contributed by atoms with van der Waals surface area (Å²) in [5.74, 6) is 0.239. The van der Waals surface area contributed by atoms with Gasteiger partial charge in [-0.2, -0.15) is 0 Å². The maximum Gasteiger partial charge on any atom is 0.141 e. The van der Waals surface area contributed by atoms with Crippen molar-refractivity contribution in [3.63, 3.8) is 0 Å². The van der Waals surface area contributed by atoms with Gasteiger partial charge in [0.05, 0.1) is 0 Å². The Labute approximate surface area is 130 Å². The zero-order valence-electron chi connectivity index (χ0n) is 12.3. The van der Waals surface area contributed by atoms with Crippen molar-refractivity contribution >= 4 is 5.78 Å². The number of hydrogen-bond acceptors (Lipinski definition) is 2. The van der Waals surface area contributed by atoms with Crippen LogP contribution in [0.5, 0.6) is 0 Å². The van der Waals surface area contributed by atoms with Gasteiger partial charge in [0.2, 0.25) is 0 Å². The number of Topliss-reactive ketones (excluding diaryl/α,β-unsaturated/α-hetero) is 1. The van der Waals surface area contributed by atoms with Crippen LogP contribution in [0.1, 0.15) is 11.1 Å². The standard InChI is InChI=1S/C20H17NO/c22-20(14-16-4-2-1-3-5-16)15-17-6-8-18(9-7-17)19-10-12-21-13-11-19/h1-13H,14-15H2. The summed E-state index contributed by atoms with van der Waals surface area (Å²) in [6, 6.07) is 22.0. The van der Waals surface area contributed by atoms with Gasteiger partial charge in [-0.15, -0.1) is 0 Å². The Hall–Kier alpha value is -2.74. The van der Waals surface area contributed by atoms with Gasteiger partial charge in [-0.1, -0.05) is 54.6 Å². The Bertz CT molecular complexity index is 734. The minimum Gasteiger partial charge on any atom is -0.299 e. The largest absolute Gasteiger partial charge is 0.299 e. The lowest BCUT2D eigenvalue weighted by atomic mass is 10.00. The fourth-order valence-corrected chi connectivity index (χ4v) is 2.47. The summed E-state index contributed by atoms with van der Waals surface area (Å²) < 4.78 is 0. The summed E-state index contributed by atoms with van der Waals surface area (Å²) in [5.41, 5.74) is 4.40. The zero-order valence-corrected chi connectivity index (χ0v) is 12.3. The number of benzene rings is 2. The van der Waals surface area contributed by atoms with Gasteiger partial charge in [-0.25, -0.2) is 0 Å². The quantitative estimate of drug-likeness (QED) is 0.707. The molecule has 0 aliphatic rings. The minimum atomic E-state index is 0.239. The van der Waals surface area contributed by atoms with E-state index in [0.717, 1.165) is 22.3 Å². The monoisotopic (exact) mass is 287 g/mol. The second-order valence-electron chi connectivity index (χ2n) is 5.31.